The molecule has 1 nitrogen and oxygen atoms in total. The molecule has 1 fully saturated rings. The van der Waals surface area contributed by atoms with Crippen molar-refractivity contribution in [2.75, 3.05) is 18.8 Å². The molecule has 11 heavy (non-hydrogen) atoms. The first kappa shape index (κ1) is 9.40. The quantitative estimate of drug-likeness (QED) is 0.655. The highest BCUT2D eigenvalue weighted by atomic mass is 32.2. The van der Waals surface area contributed by atoms with Crippen LogP contribution in [-0.4, -0.2) is 24.1 Å². The molecule has 1 unspecified atom stereocenters. The number of thioether (sulfide) groups is 1. The van der Waals surface area contributed by atoms with E-state index in [1.54, 1.807) is 0 Å². The Morgan fingerprint density at radius 3 is 3.00 bits per heavy atom. The van der Waals surface area contributed by atoms with E-state index < -0.39 is 0 Å². The highest BCUT2D eigenvalue weighted by Crippen LogP contribution is 2.19. The van der Waals surface area contributed by atoms with Gasteiger partial charge >= 0.3 is 0 Å². The van der Waals surface area contributed by atoms with Gasteiger partial charge in [0, 0.05) is 24.1 Å². The lowest BCUT2D eigenvalue weighted by molar-refractivity contribution is 0.594. The zero-order chi connectivity index (χ0) is 7.94. The van der Waals surface area contributed by atoms with Gasteiger partial charge in [-0.2, -0.15) is 11.8 Å². The van der Waals surface area contributed by atoms with Crippen molar-refractivity contribution in [1.82, 2.24) is 5.32 Å². The van der Waals surface area contributed by atoms with Gasteiger partial charge in [0.15, 0.2) is 0 Å². The molecule has 0 amide bonds. The molecular formula is C9H19NS. The monoisotopic (exact) mass is 173 g/mol. The van der Waals surface area contributed by atoms with Crippen molar-refractivity contribution in [2.45, 2.75) is 37.9 Å². The van der Waals surface area contributed by atoms with Gasteiger partial charge in [-0.1, -0.05) is 26.2 Å². The predicted octanol–water partition coefficient (Wildman–Crippen LogP) is 2.27. The maximum absolute atomic E-state index is 3.44. The standard InChI is InChI=1S/C9H19NS/c1-2-3-4-5-9-8-10-6-7-11-9/h9-10H,2-8H2,1H3. The van der Waals surface area contributed by atoms with Crippen LogP contribution in [0.1, 0.15) is 32.6 Å². The van der Waals surface area contributed by atoms with Crippen LogP contribution in [0.5, 0.6) is 0 Å². The molecule has 1 heterocycles. The average Bonchev–Trinajstić information content (AvgIpc) is 2.07. The van der Waals surface area contributed by atoms with E-state index in [-0.39, 0.29) is 0 Å². The first-order valence-electron chi connectivity index (χ1n) is 4.76. The minimum Gasteiger partial charge on any atom is -0.315 e. The second-order valence-electron chi connectivity index (χ2n) is 3.19. The van der Waals surface area contributed by atoms with Gasteiger partial charge in [0.2, 0.25) is 0 Å². The molecule has 0 bridgehead atoms. The summed E-state index contributed by atoms with van der Waals surface area (Å²) in [5.41, 5.74) is 0. The molecule has 2 heteroatoms. The Labute approximate surface area is 74.3 Å². The Hall–Kier alpha value is 0.310. The van der Waals surface area contributed by atoms with E-state index >= 15 is 0 Å². The van der Waals surface area contributed by atoms with E-state index in [1.165, 1.54) is 44.5 Å². The Morgan fingerprint density at radius 2 is 2.36 bits per heavy atom. The highest BCUT2D eigenvalue weighted by molar-refractivity contribution is 8.00. The molecular weight excluding hydrogens is 154 g/mol. The van der Waals surface area contributed by atoms with Gasteiger partial charge in [0.25, 0.3) is 0 Å². The zero-order valence-electron chi connectivity index (χ0n) is 7.44. The third kappa shape index (κ3) is 4.02. The zero-order valence-corrected chi connectivity index (χ0v) is 8.25. The number of rotatable bonds is 4. The lowest BCUT2D eigenvalue weighted by Gasteiger charge is -2.21. The van der Waals surface area contributed by atoms with E-state index in [9.17, 15) is 0 Å². The Bertz CT molecular complexity index is 89.6. The molecule has 66 valence electrons. The molecule has 1 N–H and O–H groups in total. The lowest BCUT2D eigenvalue weighted by atomic mass is 10.1. The molecule has 0 saturated carbocycles. The van der Waals surface area contributed by atoms with E-state index in [4.69, 9.17) is 0 Å². The molecule has 0 aliphatic carbocycles. The summed E-state index contributed by atoms with van der Waals surface area (Å²) >= 11 is 2.15. The van der Waals surface area contributed by atoms with Crippen LogP contribution in [-0.2, 0) is 0 Å². The molecule has 1 saturated heterocycles. The Balaban J connectivity index is 1.96. The number of hydrogen-bond acceptors (Lipinski definition) is 2. The largest absolute Gasteiger partial charge is 0.315 e. The summed E-state index contributed by atoms with van der Waals surface area (Å²) in [5.74, 6) is 1.32. The molecule has 0 spiro atoms. The van der Waals surface area contributed by atoms with Crippen molar-refractivity contribution < 1.29 is 0 Å². The molecule has 1 rings (SSSR count). The minimum absolute atomic E-state index is 0.912. The van der Waals surface area contributed by atoms with E-state index in [2.05, 4.69) is 24.0 Å². The van der Waals surface area contributed by atoms with Crippen molar-refractivity contribution in [3.8, 4) is 0 Å². The van der Waals surface area contributed by atoms with E-state index in [0.29, 0.717) is 0 Å². The van der Waals surface area contributed by atoms with Gasteiger partial charge in [-0.05, 0) is 6.42 Å². The SMILES string of the molecule is CCCCCC1CNCCS1. The minimum atomic E-state index is 0.912. The number of hydrogen-bond donors (Lipinski definition) is 1. The Morgan fingerprint density at radius 1 is 1.45 bits per heavy atom. The summed E-state index contributed by atoms with van der Waals surface area (Å²) in [5, 5.41) is 4.35. The summed E-state index contributed by atoms with van der Waals surface area (Å²) in [6.07, 6.45) is 5.61. The molecule has 1 aliphatic heterocycles. The maximum atomic E-state index is 3.44. The van der Waals surface area contributed by atoms with Crippen molar-refractivity contribution in [1.29, 1.82) is 0 Å². The molecule has 0 aromatic heterocycles. The normalized spacial score (nSPS) is 25.4. The summed E-state index contributed by atoms with van der Waals surface area (Å²) < 4.78 is 0. The van der Waals surface area contributed by atoms with E-state index in [1.807, 2.05) is 0 Å². The predicted molar refractivity (Wildman–Crippen MR) is 53.3 cm³/mol. The lowest BCUT2D eigenvalue weighted by Crippen LogP contribution is -2.32. The third-order valence-corrected chi connectivity index (χ3v) is 3.45. The van der Waals surface area contributed by atoms with Crippen LogP contribution in [0.3, 0.4) is 0 Å². The van der Waals surface area contributed by atoms with E-state index in [0.717, 1.165) is 5.25 Å². The van der Waals surface area contributed by atoms with Gasteiger partial charge < -0.3 is 5.32 Å². The summed E-state index contributed by atoms with van der Waals surface area (Å²) in [4.78, 5) is 0. The van der Waals surface area contributed by atoms with Crippen molar-refractivity contribution in [2.24, 2.45) is 0 Å². The first-order chi connectivity index (χ1) is 5.43. The highest BCUT2D eigenvalue weighted by Gasteiger charge is 2.11. The number of unbranched alkanes of at least 4 members (excludes halogenated alkanes) is 2. The average molecular weight is 173 g/mol. The van der Waals surface area contributed by atoms with Crippen LogP contribution >= 0.6 is 11.8 Å². The maximum Gasteiger partial charge on any atom is 0.0172 e. The second-order valence-corrected chi connectivity index (χ2v) is 4.60. The van der Waals surface area contributed by atoms with Gasteiger partial charge in [0.05, 0.1) is 0 Å². The molecule has 0 radical (unpaired) electrons. The topological polar surface area (TPSA) is 12.0 Å². The number of nitrogens with one attached hydrogen (secondary N) is 1. The first-order valence-corrected chi connectivity index (χ1v) is 5.80. The van der Waals surface area contributed by atoms with Crippen molar-refractivity contribution in [3.05, 3.63) is 0 Å². The summed E-state index contributed by atoms with van der Waals surface area (Å²) in [6.45, 7) is 4.73. The fourth-order valence-corrected chi connectivity index (χ4v) is 2.59. The van der Waals surface area contributed by atoms with Crippen LogP contribution in [0, 0.1) is 0 Å². The van der Waals surface area contributed by atoms with Gasteiger partial charge in [-0.3, -0.25) is 0 Å². The van der Waals surface area contributed by atoms with Crippen LogP contribution in [0.25, 0.3) is 0 Å². The third-order valence-electron chi connectivity index (χ3n) is 2.13. The molecule has 1 atom stereocenters. The smallest absolute Gasteiger partial charge is 0.0172 e. The fourth-order valence-electron chi connectivity index (χ4n) is 1.43. The van der Waals surface area contributed by atoms with Gasteiger partial charge in [0.1, 0.15) is 0 Å². The molecule has 0 aromatic carbocycles. The summed E-state index contributed by atoms with van der Waals surface area (Å²) in [6, 6.07) is 0. The second kappa shape index (κ2) is 5.90. The van der Waals surface area contributed by atoms with Crippen molar-refractivity contribution in [3.63, 3.8) is 0 Å². The van der Waals surface area contributed by atoms with Crippen LogP contribution in [0.15, 0.2) is 0 Å². The Kier molecular flexibility index (Phi) is 5.04. The van der Waals surface area contributed by atoms with Gasteiger partial charge in [-0.25, -0.2) is 0 Å². The molecule has 1 aliphatic rings. The van der Waals surface area contributed by atoms with Gasteiger partial charge in [-0.15, -0.1) is 0 Å². The van der Waals surface area contributed by atoms with Crippen LogP contribution < -0.4 is 5.32 Å². The summed E-state index contributed by atoms with van der Waals surface area (Å²) in [7, 11) is 0. The fraction of sp³-hybridized carbons (Fsp3) is 1.00. The van der Waals surface area contributed by atoms with Crippen LogP contribution in [0.4, 0.5) is 0 Å². The molecule has 0 aromatic rings. The van der Waals surface area contributed by atoms with Crippen molar-refractivity contribution >= 4 is 11.8 Å². The van der Waals surface area contributed by atoms with Crippen LogP contribution in [0.2, 0.25) is 0 Å².